The van der Waals surface area contributed by atoms with Gasteiger partial charge in [-0.15, -0.1) is 0 Å². The van der Waals surface area contributed by atoms with E-state index < -0.39 is 0 Å². The molecule has 1 aromatic rings. The predicted octanol–water partition coefficient (Wildman–Crippen LogP) is 2.73. The van der Waals surface area contributed by atoms with E-state index in [-0.39, 0.29) is 11.5 Å². The lowest BCUT2D eigenvalue weighted by Crippen LogP contribution is -2.47. The fourth-order valence-electron chi connectivity index (χ4n) is 3.20. The third-order valence-corrected chi connectivity index (χ3v) is 4.57. The van der Waals surface area contributed by atoms with Gasteiger partial charge < -0.3 is 10.5 Å². The quantitative estimate of drug-likeness (QED) is 0.849. The van der Waals surface area contributed by atoms with E-state index in [1.165, 1.54) is 6.42 Å². The Morgan fingerprint density at radius 1 is 1.32 bits per heavy atom. The fraction of sp³-hybridized carbons (Fsp3) is 0.562. The van der Waals surface area contributed by atoms with Crippen LogP contribution in [0.2, 0.25) is 0 Å². The van der Waals surface area contributed by atoms with Gasteiger partial charge in [0.2, 0.25) is 0 Å². The van der Waals surface area contributed by atoms with Gasteiger partial charge in [0.05, 0.1) is 5.60 Å². The molecule has 3 heteroatoms. The molecule has 3 nitrogen and oxygen atoms in total. The van der Waals surface area contributed by atoms with Crippen molar-refractivity contribution in [1.29, 1.82) is 0 Å². The molecule has 2 fully saturated rings. The van der Waals surface area contributed by atoms with Gasteiger partial charge in [-0.05, 0) is 49.8 Å². The highest BCUT2D eigenvalue weighted by Gasteiger charge is 2.44. The molecule has 0 radical (unpaired) electrons. The number of hydrogen-bond acceptors (Lipinski definition) is 3. The van der Waals surface area contributed by atoms with E-state index >= 15 is 0 Å². The Kier molecular flexibility index (Phi) is 3.31. The number of nitrogen functional groups attached to an aromatic ring is 1. The second-order valence-electron chi connectivity index (χ2n) is 5.96. The largest absolute Gasteiger partial charge is 0.399 e. The van der Waals surface area contributed by atoms with E-state index in [2.05, 4.69) is 0 Å². The van der Waals surface area contributed by atoms with Crippen LogP contribution in [0.15, 0.2) is 24.3 Å². The highest BCUT2D eigenvalue weighted by molar-refractivity contribution is 5.83. The van der Waals surface area contributed by atoms with Crippen LogP contribution in [0.1, 0.15) is 37.7 Å². The summed E-state index contributed by atoms with van der Waals surface area (Å²) in [5.41, 5.74) is 7.52. The van der Waals surface area contributed by atoms with Gasteiger partial charge in [0.15, 0.2) is 0 Å². The molecule has 0 amide bonds. The minimum Gasteiger partial charge on any atom is -0.399 e. The molecule has 102 valence electrons. The minimum atomic E-state index is 0.0553. The molecule has 1 atom stereocenters. The van der Waals surface area contributed by atoms with Crippen molar-refractivity contribution in [2.45, 2.75) is 44.1 Å². The summed E-state index contributed by atoms with van der Waals surface area (Å²) in [7, 11) is 0. The lowest BCUT2D eigenvalue weighted by atomic mass is 9.71. The third-order valence-electron chi connectivity index (χ3n) is 4.57. The molecule has 1 aromatic carbocycles. The molecule has 1 saturated heterocycles. The molecular formula is C16H21NO2. The monoisotopic (exact) mass is 259 g/mol. The standard InChI is InChI=1S/C16H21NO2/c17-14-4-2-12(3-5-14)10-15(18)13-6-9-19-16(11-13)7-1-8-16/h2-5,13H,1,6-11,17H2. The summed E-state index contributed by atoms with van der Waals surface area (Å²) in [5, 5.41) is 0. The second kappa shape index (κ2) is 4.97. The van der Waals surface area contributed by atoms with Crippen molar-refractivity contribution in [2.75, 3.05) is 12.3 Å². The molecule has 1 spiro atoms. The van der Waals surface area contributed by atoms with Gasteiger partial charge in [-0.1, -0.05) is 12.1 Å². The van der Waals surface area contributed by atoms with Crippen molar-refractivity contribution in [3.05, 3.63) is 29.8 Å². The first kappa shape index (κ1) is 12.7. The summed E-state index contributed by atoms with van der Waals surface area (Å²) in [6.07, 6.45) is 5.87. The highest BCUT2D eigenvalue weighted by atomic mass is 16.5. The average Bonchev–Trinajstić information content (AvgIpc) is 2.40. The van der Waals surface area contributed by atoms with Gasteiger partial charge in [0.1, 0.15) is 5.78 Å². The molecule has 1 unspecified atom stereocenters. The summed E-state index contributed by atoms with van der Waals surface area (Å²) >= 11 is 0. The maximum absolute atomic E-state index is 12.4. The number of rotatable bonds is 3. The Bertz CT molecular complexity index is 462. The SMILES string of the molecule is Nc1ccc(CC(=O)C2CCOC3(CCC3)C2)cc1. The molecule has 2 aliphatic rings. The summed E-state index contributed by atoms with van der Waals surface area (Å²) in [5.74, 6) is 0.547. The van der Waals surface area contributed by atoms with Crippen LogP contribution in [0.3, 0.4) is 0 Å². The number of benzene rings is 1. The predicted molar refractivity (Wildman–Crippen MR) is 74.8 cm³/mol. The Labute approximate surface area is 114 Å². The first-order valence-electron chi connectivity index (χ1n) is 7.18. The third kappa shape index (κ3) is 2.66. The van der Waals surface area contributed by atoms with Gasteiger partial charge in [0.25, 0.3) is 0 Å². The Balaban J connectivity index is 1.62. The summed E-state index contributed by atoms with van der Waals surface area (Å²) in [4.78, 5) is 12.4. The number of Topliss-reactive ketones (excluding diaryl/α,β-unsaturated/α-hetero) is 1. The maximum Gasteiger partial charge on any atom is 0.140 e. The minimum absolute atomic E-state index is 0.0553. The topological polar surface area (TPSA) is 52.3 Å². The number of carbonyl (C=O) groups is 1. The molecule has 1 saturated carbocycles. The van der Waals surface area contributed by atoms with Gasteiger partial charge in [-0.3, -0.25) is 4.79 Å². The van der Waals surface area contributed by atoms with Crippen LogP contribution in [0.5, 0.6) is 0 Å². The molecule has 0 bridgehead atoms. The first-order valence-corrected chi connectivity index (χ1v) is 7.18. The van der Waals surface area contributed by atoms with Crippen LogP contribution < -0.4 is 5.73 Å². The number of ketones is 1. The second-order valence-corrected chi connectivity index (χ2v) is 5.96. The molecule has 3 rings (SSSR count). The first-order chi connectivity index (χ1) is 9.17. The van der Waals surface area contributed by atoms with Gasteiger partial charge in [-0.25, -0.2) is 0 Å². The summed E-state index contributed by atoms with van der Waals surface area (Å²) in [6, 6.07) is 7.62. The van der Waals surface area contributed by atoms with E-state index in [0.29, 0.717) is 12.2 Å². The van der Waals surface area contributed by atoms with E-state index in [0.717, 1.165) is 43.5 Å². The Morgan fingerprint density at radius 2 is 2.05 bits per heavy atom. The van der Waals surface area contributed by atoms with Crippen LogP contribution in [0.4, 0.5) is 5.69 Å². The van der Waals surface area contributed by atoms with E-state index in [4.69, 9.17) is 10.5 Å². The van der Waals surface area contributed by atoms with Crippen molar-refractivity contribution in [3.63, 3.8) is 0 Å². The number of carbonyl (C=O) groups excluding carboxylic acids is 1. The molecule has 1 aliphatic heterocycles. The lowest BCUT2D eigenvalue weighted by molar-refractivity contribution is -0.155. The van der Waals surface area contributed by atoms with Gasteiger partial charge >= 0.3 is 0 Å². The van der Waals surface area contributed by atoms with Crippen molar-refractivity contribution in [2.24, 2.45) is 5.92 Å². The van der Waals surface area contributed by atoms with Crippen molar-refractivity contribution in [1.82, 2.24) is 0 Å². The van der Waals surface area contributed by atoms with E-state index in [9.17, 15) is 4.79 Å². The normalized spacial score (nSPS) is 24.9. The van der Waals surface area contributed by atoms with Crippen molar-refractivity contribution >= 4 is 11.5 Å². The Hall–Kier alpha value is -1.35. The van der Waals surface area contributed by atoms with Crippen LogP contribution in [0.25, 0.3) is 0 Å². The summed E-state index contributed by atoms with van der Waals surface area (Å²) < 4.78 is 5.88. The Morgan fingerprint density at radius 3 is 2.68 bits per heavy atom. The zero-order valence-corrected chi connectivity index (χ0v) is 11.2. The molecular weight excluding hydrogens is 238 g/mol. The van der Waals surface area contributed by atoms with Crippen molar-refractivity contribution < 1.29 is 9.53 Å². The van der Waals surface area contributed by atoms with Gasteiger partial charge in [0, 0.05) is 24.6 Å². The van der Waals surface area contributed by atoms with Gasteiger partial charge in [-0.2, -0.15) is 0 Å². The fourth-order valence-corrected chi connectivity index (χ4v) is 3.20. The molecule has 2 N–H and O–H groups in total. The summed E-state index contributed by atoms with van der Waals surface area (Å²) in [6.45, 7) is 0.748. The van der Waals surface area contributed by atoms with E-state index in [1.807, 2.05) is 24.3 Å². The maximum atomic E-state index is 12.4. The van der Waals surface area contributed by atoms with Crippen LogP contribution >= 0.6 is 0 Å². The average molecular weight is 259 g/mol. The number of hydrogen-bond donors (Lipinski definition) is 1. The smallest absolute Gasteiger partial charge is 0.140 e. The molecule has 1 aliphatic carbocycles. The number of nitrogens with two attached hydrogens (primary N) is 1. The molecule has 19 heavy (non-hydrogen) atoms. The van der Waals surface area contributed by atoms with Crippen LogP contribution in [-0.2, 0) is 16.0 Å². The zero-order valence-electron chi connectivity index (χ0n) is 11.2. The van der Waals surface area contributed by atoms with Crippen LogP contribution in [0, 0.1) is 5.92 Å². The number of ether oxygens (including phenoxy) is 1. The molecule has 1 heterocycles. The highest BCUT2D eigenvalue weighted by Crippen LogP contribution is 2.44. The lowest BCUT2D eigenvalue weighted by Gasteiger charge is -2.46. The van der Waals surface area contributed by atoms with E-state index in [1.54, 1.807) is 0 Å². The zero-order chi connectivity index (χ0) is 13.3. The number of anilines is 1. The van der Waals surface area contributed by atoms with Crippen molar-refractivity contribution in [3.8, 4) is 0 Å². The van der Waals surface area contributed by atoms with Crippen LogP contribution in [-0.4, -0.2) is 18.0 Å². The molecule has 0 aromatic heterocycles.